The van der Waals surface area contributed by atoms with E-state index in [1.54, 1.807) is 29.2 Å². The highest BCUT2D eigenvalue weighted by Gasteiger charge is 2.21. The standard InChI is InChI=1S/C14H15N3O3/c15-8-11-3-1-4-12(7-11)20-6-2-5-17-9-13(18)16-14(19)10-17/h1,3-4,7H,2,5-6,9-10H2,(H,16,18,19). The molecule has 1 aromatic carbocycles. The summed E-state index contributed by atoms with van der Waals surface area (Å²) in [6.45, 7) is 1.59. The number of carbonyl (C=O) groups is 2. The van der Waals surface area contributed by atoms with Gasteiger partial charge in [-0.2, -0.15) is 5.26 Å². The average molecular weight is 273 g/mol. The van der Waals surface area contributed by atoms with Gasteiger partial charge in [-0.25, -0.2) is 0 Å². The molecule has 1 saturated heterocycles. The van der Waals surface area contributed by atoms with Crippen molar-refractivity contribution in [2.24, 2.45) is 0 Å². The minimum atomic E-state index is -0.260. The average Bonchev–Trinajstić information content (AvgIpc) is 2.43. The van der Waals surface area contributed by atoms with Gasteiger partial charge < -0.3 is 4.74 Å². The molecule has 6 heteroatoms. The second-order valence-electron chi connectivity index (χ2n) is 4.52. The topological polar surface area (TPSA) is 82.4 Å². The van der Waals surface area contributed by atoms with E-state index >= 15 is 0 Å². The summed E-state index contributed by atoms with van der Waals surface area (Å²) in [5, 5.41) is 11.0. The van der Waals surface area contributed by atoms with Crippen LogP contribution < -0.4 is 10.1 Å². The quantitative estimate of drug-likeness (QED) is 0.615. The first-order valence-electron chi connectivity index (χ1n) is 6.35. The van der Waals surface area contributed by atoms with Gasteiger partial charge >= 0.3 is 0 Å². The Balaban J connectivity index is 1.72. The maximum absolute atomic E-state index is 11.2. The molecule has 0 radical (unpaired) electrons. The highest BCUT2D eigenvalue weighted by Crippen LogP contribution is 2.12. The number of piperazine rings is 1. The van der Waals surface area contributed by atoms with Crippen LogP contribution in [0.3, 0.4) is 0 Å². The van der Waals surface area contributed by atoms with Crippen LogP contribution in [0.5, 0.6) is 5.75 Å². The fourth-order valence-electron chi connectivity index (χ4n) is 1.99. The largest absolute Gasteiger partial charge is 0.494 e. The molecule has 2 rings (SSSR count). The van der Waals surface area contributed by atoms with E-state index in [2.05, 4.69) is 5.32 Å². The van der Waals surface area contributed by atoms with Gasteiger partial charge in [0.25, 0.3) is 0 Å². The number of nitrogens with zero attached hydrogens (tertiary/aromatic N) is 2. The third-order valence-electron chi connectivity index (χ3n) is 2.86. The van der Waals surface area contributed by atoms with Crippen molar-refractivity contribution >= 4 is 11.8 Å². The van der Waals surface area contributed by atoms with Gasteiger partial charge in [0.2, 0.25) is 11.8 Å². The van der Waals surface area contributed by atoms with Gasteiger partial charge in [-0.1, -0.05) is 6.07 Å². The molecule has 1 fully saturated rings. The highest BCUT2D eigenvalue weighted by molar-refractivity contribution is 5.99. The first-order chi connectivity index (χ1) is 9.67. The Labute approximate surface area is 116 Å². The molecule has 1 heterocycles. The van der Waals surface area contributed by atoms with Crippen molar-refractivity contribution in [3.8, 4) is 11.8 Å². The van der Waals surface area contributed by atoms with E-state index in [0.717, 1.165) is 0 Å². The van der Waals surface area contributed by atoms with E-state index in [-0.39, 0.29) is 24.9 Å². The lowest BCUT2D eigenvalue weighted by Crippen LogP contribution is -2.51. The minimum Gasteiger partial charge on any atom is -0.494 e. The number of hydrogen-bond donors (Lipinski definition) is 1. The predicted molar refractivity (Wildman–Crippen MR) is 70.9 cm³/mol. The first kappa shape index (κ1) is 14.0. The molecule has 0 aromatic heterocycles. The molecule has 20 heavy (non-hydrogen) atoms. The Kier molecular flexibility index (Phi) is 4.69. The van der Waals surface area contributed by atoms with E-state index in [0.29, 0.717) is 30.9 Å². The molecule has 6 nitrogen and oxygen atoms in total. The lowest BCUT2D eigenvalue weighted by molar-refractivity contribution is -0.136. The van der Waals surface area contributed by atoms with E-state index in [1.807, 2.05) is 6.07 Å². The number of carbonyl (C=O) groups excluding carboxylic acids is 2. The first-order valence-corrected chi connectivity index (χ1v) is 6.35. The van der Waals surface area contributed by atoms with Crippen LogP contribution in [0.25, 0.3) is 0 Å². The van der Waals surface area contributed by atoms with Crippen molar-refractivity contribution in [2.45, 2.75) is 6.42 Å². The Morgan fingerprint density at radius 3 is 2.75 bits per heavy atom. The zero-order valence-corrected chi connectivity index (χ0v) is 11.0. The maximum Gasteiger partial charge on any atom is 0.240 e. The molecule has 0 saturated carbocycles. The fraction of sp³-hybridized carbons (Fsp3) is 0.357. The predicted octanol–water partition coefficient (Wildman–Crippen LogP) is 0.286. The summed E-state index contributed by atoms with van der Waals surface area (Å²) in [4.78, 5) is 24.1. The monoisotopic (exact) mass is 273 g/mol. The van der Waals surface area contributed by atoms with Gasteiger partial charge in [-0.05, 0) is 24.6 Å². The fourth-order valence-corrected chi connectivity index (χ4v) is 1.99. The highest BCUT2D eigenvalue weighted by atomic mass is 16.5. The van der Waals surface area contributed by atoms with Crippen molar-refractivity contribution in [1.82, 2.24) is 10.2 Å². The van der Waals surface area contributed by atoms with Gasteiger partial charge in [0, 0.05) is 6.54 Å². The smallest absolute Gasteiger partial charge is 0.240 e. The molecular formula is C14H15N3O3. The van der Waals surface area contributed by atoms with Crippen LogP contribution in [0.1, 0.15) is 12.0 Å². The molecule has 0 aliphatic carbocycles. The summed E-state index contributed by atoms with van der Waals surface area (Å²) >= 11 is 0. The number of ether oxygens (including phenoxy) is 1. The zero-order valence-electron chi connectivity index (χ0n) is 11.0. The third-order valence-corrected chi connectivity index (χ3v) is 2.86. The second kappa shape index (κ2) is 6.68. The van der Waals surface area contributed by atoms with E-state index in [1.165, 1.54) is 0 Å². The Morgan fingerprint density at radius 2 is 2.05 bits per heavy atom. The molecule has 0 bridgehead atoms. The van der Waals surface area contributed by atoms with Gasteiger partial charge in [0.1, 0.15) is 5.75 Å². The number of amides is 2. The van der Waals surface area contributed by atoms with Crippen molar-refractivity contribution in [3.63, 3.8) is 0 Å². The maximum atomic E-state index is 11.2. The van der Waals surface area contributed by atoms with Gasteiger partial charge in [0.05, 0.1) is 31.3 Å². The molecule has 2 amide bonds. The lowest BCUT2D eigenvalue weighted by Gasteiger charge is -2.24. The van der Waals surface area contributed by atoms with Crippen molar-refractivity contribution in [3.05, 3.63) is 29.8 Å². The van der Waals surface area contributed by atoms with Crippen molar-refractivity contribution in [2.75, 3.05) is 26.2 Å². The number of nitrogens with one attached hydrogen (secondary N) is 1. The van der Waals surface area contributed by atoms with Crippen LogP contribution in [0, 0.1) is 11.3 Å². The lowest BCUT2D eigenvalue weighted by atomic mass is 10.2. The second-order valence-corrected chi connectivity index (χ2v) is 4.52. The summed E-state index contributed by atoms with van der Waals surface area (Å²) in [5.41, 5.74) is 0.556. The molecule has 1 N–H and O–H groups in total. The van der Waals surface area contributed by atoms with Crippen LogP contribution in [0.15, 0.2) is 24.3 Å². The zero-order chi connectivity index (χ0) is 14.4. The van der Waals surface area contributed by atoms with Gasteiger partial charge in [0.15, 0.2) is 0 Å². The Morgan fingerprint density at radius 1 is 1.30 bits per heavy atom. The van der Waals surface area contributed by atoms with E-state index in [9.17, 15) is 9.59 Å². The summed E-state index contributed by atoms with van der Waals surface area (Å²) < 4.78 is 5.53. The van der Waals surface area contributed by atoms with Crippen LogP contribution in [-0.2, 0) is 9.59 Å². The van der Waals surface area contributed by atoms with Gasteiger partial charge in [-0.3, -0.25) is 19.8 Å². The van der Waals surface area contributed by atoms with Crippen LogP contribution in [-0.4, -0.2) is 43.0 Å². The van der Waals surface area contributed by atoms with Gasteiger partial charge in [-0.15, -0.1) is 0 Å². The number of imide groups is 1. The molecule has 0 atom stereocenters. The number of nitriles is 1. The molecule has 0 unspecified atom stereocenters. The van der Waals surface area contributed by atoms with E-state index in [4.69, 9.17) is 10.00 Å². The number of benzene rings is 1. The molecule has 1 aromatic rings. The minimum absolute atomic E-state index is 0.246. The Bertz CT molecular complexity index is 535. The van der Waals surface area contributed by atoms with Crippen molar-refractivity contribution in [1.29, 1.82) is 5.26 Å². The van der Waals surface area contributed by atoms with Crippen molar-refractivity contribution < 1.29 is 14.3 Å². The van der Waals surface area contributed by atoms with Crippen LogP contribution in [0.4, 0.5) is 0 Å². The SMILES string of the molecule is N#Cc1cccc(OCCCN2CC(=O)NC(=O)C2)c1. The third kappa shape index (κ3) is 4.07. The molecule has 0 spiro atoms. The summed E-state index contributed by atoms with van der Waals surface area (Å²) in [6.07, 6.45) is 0.706. The molecule has 1 aliphatic heterocycles. The molecule has 1 aliphatic rings. The number of hydrogen-bond acceptors (Lipinski definition) is 5. The van der Waals surface area contributed by atoms with Crippen LogP contribution >= 0.6 is 0 Å². The number of rotatable bonds is 5. The molecular weight excluding hydrogens is 258 g/mol. The van der Waals surface area contributed by atoms with Crippen LogP contribution in [0.2, 0.25) is 0 Å². The molecule has 104 valence electrons. The Hall–Kier alpha value is -2.39. The summed E-state index contributed by atoms with van der Waals surface area (Å²) in [6, 6.07) is 9.00. The summed E-state index contributed by atoms with van der Waals surface area (Å²) in [5.74, 6) is 0.129. The normalized spacial score (nSPS) is 15.6. The summed E-state index contributed by atoms with van der Waals surface area (Å²) in [7, 11) is 0. The van der Waals surface area contributed by atoms with E-state index < -0.39 is 0 Å².